The molecule has 0 aromatic carbocycles. The van der Waals surface area contributed by atoms with Crippen molar-refractivity contribution in [1.82, 2.24) is 4.90 Å². The van der Waals surface area contributed by atoms with Gasteiger partial charge in [0.15, 0.2) is 0 Å². The zero-order chi connectivity index (χ0) is 8.27. The molecule has 0 aliphatic carbocycles. The maximum absolute atomic E-state index is 9.47. The summed E-state index contributed by atoms with van der Waals surface area (Å²) in [4.78, 5) is 4.53. The van der Waals surface area contributed by atoms with Gasteiger partial charge >= 0.3 is 76.8 Å². The van der Waals surface area contributed by atoms with E-state index in [1.54, 1.807) is 0 Å². The molecule has 68 valence electrons. The number of halogens is 1. The van der Waals surface area contributed by atoms with Crippen LogP contribution in [0.25, 0.3) is 0 Å². The van der Waals surface area contributed by atoms with Gasteiger partial charge in [-0.1, -0.05) is 0 Å². The van der Waals surface area contributed by atoms with E-state index in [9.17, 15) is 3.44 Å². The van der Waals surface area contributed by atoms with Crippen molar-refractivity contribution in [3.05, 3.63) is 0 Å². The topological polar surface area (TPSA) is 23.5 Å². The molecular formula is C8H18INO. The Morgan fingerprint density at radius 2 is 2.00 bits per heavy atom. The number of likely N-dealkylation sites (tertiary alicyclic amines) is 1. The quantitative estimate of drug-likeness (QED) is 0.608. The van der Waals surface area contributed by atoms with Gasteiger partial charge in [-0.25, -0.2) is 0 Å². The summed E-state index contributed by atoms with van der Waals surface area (Å²) >= 11 is -1.47. The number of piperidine rings is 1. The number of rotatable bonds is 2. The number of nitrogens with zero attached hydrogens (tertiary/aromatic N) is 1. The minimum atomic E-state index is -1.47. The molecule has 1 aliphatic rings. The van der Waals surface area contributed by atoms with Crippen molar-refractivity contribution in [3.8, 4) is 0 Å². The molecule has 3 heteroatoms. The van der Waals surface area contributed by atoms with E-state index in [4.69, 9.17) is 0 Å². The second-order valence-corrected chi connectivity index (χ2v) is 7.62. The van der Waals surface area contributed by atoms with E-state index < -0.39 is 20.2 Å². The van der Waals surface area contributed by atoms with E-state index >= 15 is 0 Å². The van der Waals surface area contributed by atoms with Crippen LogP contribution in [0, 0.1) is 0 Å². The Morgan fingerprint density at radius 3 is 2.36 bits per heavy atom. The van der Waals surface area contributed by atoms with E-state index in [2.05, 4.69) is 16.8 Å². The van der Waals surface area contributed by atoms with Gasteiger partial charge < -0.3 is 0 Å². The van der Waals surface area contributed by atoms with Gasteiger partial charge in [0.25, 0.3) is 0 Å². The molecule has 2 nitrogen and oxygen atoms in total. The molecule has 0 bridgehead atoms. The van der Waals surface area contributed by atoms with Crippen LogP contribution in [0.15, 0.2) is 0 Å². The Balaban J connectivity index is 2.24. The molecule has 1 rings (SSSR count). The van der Waals surface area contributed by atoms with Crippen molar-refractivity contribution >= 4 is 20.2 Å². The maximum atomic E-state index is 9.47. The van der Waals surface area contributed by atoms with Gasteiger partial charge in [-0.3, -0.25) is 0 Å². The molecule has 0 aromatic heterocycles. The summed E-state index contributed by atoms with van der Waals surface area (Å²) in [6.07, 6.45) is 2.48. The fourth-order valence-corrected chi connectivity index (χ4v) is 3.89. The predicted octanol–water partition coefficient (Wildman–Crippen LogP) is 1.51. The monoisotopic (exact) mass is 271 g/mol. The van der Waals surface area contributed by atoms with Gasteiger partial charge in [-0.15, -0.1) is 0 Å². The predicted molar refractivity (Wildman–Crippen MR) is 57.3 cm³/mol. The van der Waals surface area contributed by atoms with Crippen molar-refractivity contribution in [2.75, 3.05) is 24.6 Å². The number of alkyl halides is 2. The summed E-state index contributed by atoms with van der Waals surface area (Å²) in [7, 11) is 0. The van der Waals surface area contributed by atoms with Crippen molar-refractivity contribution in [1.29, 1.82) is 0 Å². The molecule has 0 spiro atoms. The summed E-state index contributed by atoms with van der Waals surface area (Å²) in [6.45, 7) is 5.81. The SMILES string of the molecule is CCN1CCC(I(C)O)CC1. The van der Waals surface area contributed by atoms with Gasteiger partial charge in [-0.2, -0.15) is 0 Å². The van der Waals surface area contributed by atoms with E-state index in [-0.39, 0.29) is 0 Å². The molecular weight excluding hydrogens is 253 g/mol. The molecule has 11 heavy (non-hydrogen) atoms. The summed E-state index contributed by atoms with van der Waals surface area (Å²) in [5.74, 6) is 0. The van der Waals surface area contributed by atoms with Crippen LogP contribution in [0.5, 0.6) is 0 Å². The first kappa shape index (κ1) is 9.74. The van der Waals surface area contributed by atoms with Crippen LogP contribution < -0.4 is 0 Å². The molecule has 1 saturated heterocycles. The molecule has 1 N–H and O–H groups in total. The normalized spacial score (nSPS) is 23.7. The summed E-state index contributed by atoms with van der Waals surface area (Å²) in [6, 6.07) is 0. The first-order valence-corrected chi connectivity index (χ1v) is 8.61. The first-order chi connectivity index (χ1) is 5.24. The Bertz CT molecular complexity index is 111. The van der Waals surface area contributed by atoms with Crippen LogP contribution in [0.4, 0.5) is 0 Å². The van der Waals surface area contributed by atoms with Crippen LogP contribution in [0.3, 0.4) is 0 Å². The van der Waals surface area contributed by atoms with Gasteiger partial charge in [0.05, 0.1) is 0 Å². The minimum absolute atomic E-state index is 0.710. The number of hydrogen-bond donors (Lipinski definition) is 1. The molecule has 1 fully saturated rings. The molecule has 0 unspecified atom stereocenters. The van der Waals surface area contributed by atoms with Gasteiger partial charge in [0.1, 0.15) is 0 Å². The Kier molecular flexibility index (Phi) is 4.09. The number of hydrogen-bond acceptors (Lipinski definition) is 2. The van der Waals surface area contributed by atoms with Crippen molar-refractivity contribution in [3.63, 3.8) is 0 Å². The third-order valence-corrected chi connectivity index (χ3v) is 6.21. The molecule has 0 amide bonds. The van der Waals surface area contributed by atoms with Crippen LogP contribution in [-0.4, -0.2) is 36.8 Å². The van der Waals surface area contributed by atoms with Crippen LogP contribution in [-0.2, 0) is 0 Å². The second-order valence-electron chi connectivity index (χ2n) is 3.09. The summed E-state index contributed by atoms with van der Waals surface area (Å²) in [5, 5.41) is 0. The van der Waals surface area contributed by atoms with Crippen LogP contribution >= 0.6 is 20.2 Å². The van der Waals surface area contributed by atoms with Crippen molar-refractivity contribution < 1.29 is 3.44 Å². The third kappa shape index (κ3) is 2.87. The van der Waals surface area contributed by atoms with Gasteiger partial charge in [0, 0.05) is 0 Å². The zero-order valence-corrected chi connectivity index (χ0v) is 9.54. The average molecular weight is 271 g/mol. The van der Waals surface area contributed by atoms with E-state index in [1.807, 2.05) is 0 Å². The zero-order valence-electron chi connectivity index (χ0n) is 7.39. The van der Waals surface area contributed by atoms with Gasteiger partial charge in [-0.05, 0) is 0 Å². The molecule has 1 heterocycles. The molecule has 0 aromatic rings. The van der Waals surface area contributed by atoms with E-state index in [0.29, 0.717) is 3.92 Å². The van der Waals surface area contributed by atoms with Crippen molar-refractivity contribution in [2.45, 2.75) is 23.7 Å². The first-order valence-electron chi connectivity index (χ1n) is 4.24. The summed E-state index contributed by atoms with van der Waals surface area (Å²) < 4.78 is 10.2. The fraction of sp³-hybridized carbons (Fsp3) is 1.00. The Hall–Kier alpha value is 0.650. The van der Waals surface area contributed by atoms with Crippen LogP contribution in [0.1, 0.15) is 19.8 Å². The Labute approximate surface area is 76.9 Å². The van der Waals surface area contributed by atoms with Crippen LogP contribution in [0.2, 0.25) is 0 Å². The Morgan fingerprint density at radius 1 is 1.45 bits per heavy atom. The van der Waals surface area contributed by atoms with E-state index in [1.165, 1.54) is 32.5 Å². The fourth-order valence-electron chi connectivity index (χ4n) is 1.53. The average Bonchev–Trinajstić information content (AvgIpc) is 2.05. The molecule has 0 saturated carbocycles. The third-order valence-electron chi connectivity index (χ3n) is 2.41. The van der Waals surface area contributed by atoms with Crippen molar-refractivity contribution in [2.24, 2.45) is 0 Å². The standard InChI is InChI=1S/C8H18INO/c1-3-10-6-4-8(5-7-10)9(2)11/h8,11H,3-7H2,1-2H3. The van der Waals surface area contributed by atoms with Gasteiger partial charge in [0.2, 0.25) is 0 Å². The molecule has 0 radical (unpaired) electrons. The summed E-state index contributed by atoms with van der Waals surface area (Å²) in [5.41, 5.74) is 0. The molecule has 0 atom stereocenters. The van der Waals surface area contributed by atoms with E-state index in [0.717, 1.165) is 0 Å². The second kappa shape index (κ2) is 4.62. The molecule has 1 aliphatic heterocycles.